The van der Waals surface area contributed by atoms with Gasteiger partial charge < -0.3 is 50.4 Å². The molecular weight excluding hydrogens is 901 g/mol. The normalized spacial score (nSPS) is 15.5. The van der Waals surface area contributed by atoms with Crippen LogP contribution in [0, 0.1) is 23.7 Å². The van der Waals surface area contributed by atoms with E-state index in [0.29, 0.717) is 95.8 Å². The monoisotopic (exact) mass is 962 g/mol. The fourth-order valence-electron chi connectivity index (χ4n) is 8.33. The SMILES string of the molecule is COc1cc(C#Cc2nc([C@@H]3CCN(C(=O)/C=C/CN(C)C)C3)n3ccnc(N)c23)cc(OC)c1.COc1cc(C#Cc2nc([C@H]3CCN(C(=O)/C=C/CNC(C)C)C3)n3ccnc(N)c23)cc(OC)c1. The number of likely N-dealkylation sites (N-methyl/N-ethyl adjacent to an activating group) is 1. The maximum Gasteiger partial charge on any atom is 0.246 e. The van der Waals surface area contributed by atoms with Crippen molar-refractivity contribution in [2.75, 3.05) is 93.3 Å². The summed E-state index contributed by atoms with van der Waals surface area (Å²) >= 11 is 0. The number of benzene rings is 2. The number of rotatable bonds is 13. The zero-order valence-corrected chi connectivity index (χ0v) is 41.6. The minimum atomic E-state index is 0.0112. The van der Waals surface area contributed by atoms with Crippen molar-refractivity contribution >= 4 is 34.5 Å². The first kappa shape index (κ1) is 50.8. The summed E-state index contributed by atoms with van der Waals surface area (Å²) in [5, 5.41) is 3.28. The van der Waals surface area contributed by atoms with Crippen molar-refractivity contribution in [3.05, 3.63) is 120 Å². The summed E-state index contributed by atoms with van der Waals surface area (Å²) in [5.74, 6) is 17.8. The van der Waals surface area contributed by atoms with Gasteiger partial charge in [0.25, 0.3) is 0 Å². The maximum atomic E-state index is 12.7. The number of hydrogen-bond acceptors (Lipinski definition) is 14. The minimum absolute atomic E-state index is 0.0112. The number of nitrogens with zero attached hydrogens (tertiary/aromatic N) is 9. The molecule has 0 unspecified atom stereocenters. The van der Waals surface area contributed by atoms with Crippen LogP contribution in [0.2, 0.25) is 0 Å². The third-order valence-electron chi connectivity index (χ3n) is 11.9. The van der Waals surface area contributed by atoms with Crippen molar-refractivity contribution in [3.63, 3.8) is 0 Å². The second kappa shape index (κ2) is 23.5. The van der Waals surface area contributed by atoms with Crippen LogP contribution >= 0.6 is 0 Å². The number of hydrogen-bond donors (Lipinski definition) is 3. The van der Waals surface area contributed by atoms with E-state index in [-0.39, 0.29) is 23.7 Å². The zero-order valence-electron chi connectivity index (χ0n) is 41.6. The van der Waals surface area contributed by atoms with Crippen molar-refractivity contribution in [2.24, 2.45) is 0 Å². The van der Waals surface area contributed by atoms with Crippen LogP contribution in [0.1, 0.15) is 72.7 Å². The number of imidazole rings is 2. The summed E-state index contributed by atoms with van der Waals surface area (Å²) in [6.07, 6.45) is 15.7. The highest BCUT2D eigenvalue weighted by Crippen LogP contribution is 2.32. The first-order chi connectivity index (χ1) is 34.3. The molecule has 2 amide bonds. The van der Waals surface area contributed by atoms with Crippen LogP contribution in [0.25, 0.3) is 11.0 Å². The molecule has 5 N–H and O–H groups in total. The Morgan fingerprint density at radius 3 is 1.51 bits per heavy atom. The number of carbonyl (C=O) groups is 2. The van der Waals surface area contributed by atoms with Crippen LogP contribution in [0.15, 0.2) is 85.5 Å². The average molecular weight is 963 g/mol. The van der Waals surface area contributed by atoms with Gasteiger partial charge in [-0.05, 0) is 63.0 Å². The average Bonchev–Trinajstić information content (AvgIpc) is 4.20. The molecule has 0 bridgehead atoms. The molecule has 0 radical (unpaired) electrons. The molecule has 2 aliphatic rings. The predicted octanol–water partition coefficient (Wildman–Crippen LogP) is 4.76. The highest BCUT2D eigenvalue weighted by Gasteiger charge is 2.32. The number of fused-ring (bicyclic) bond motifs is 2. The van der Waals surface area contributed by atoms with Crippen molar-refractivity contribution in [1.82, 2.24) is 48.8 Å². The Kier molecular flexibility index (Phi) is 16.8. The Balaban J connectivity index is 0.000000209. The van der Waals surface area contributed by atoms with Gasteiger partial charge in [-0.2, -0.15) is 0 Å². The van der Waals surface area contributed by atoms with Crippen molar-refractivity contribution in [1.29, 1.82) is 0 Å². The van der Waals surface area contributed by atoms with Gasteiger partial charge in [-0.15, -0.1) is 0 Å². The van der Waals surface area contributed by atoms with Crippen LogP contribution in [-0.4, -0.2) is 143 Å². The van der Waals surface area contributed by atoms with E-state index in [1.807, 2.05) is 86.4 Å². The minimum Gasteiger partial charge on any atom is -0.497 e. The van der Waals surface area contributed by atoms with Gasteiger partial charge in [0.2, 0.25) is 11.8 Å². The Hall–Kier alpha value is -8.06. The van der Waals surface area contributed by atoms with E-state index in [2.05, 4.69) is 52.8 Å². The smallest absolute Gasteiger partial charge is 0.246 e. The quantitative estimate of drug-likeness (QED) is 0.106. The van der Waals surface area contributed by atoms with Crippen molar-refractivity contribution < 1.29 is 28.5 Å². The van der Waals surface area contributed by atoms with E-state index >= 15 is 0 Å². The molecule has 2 saturated heterocycles. The first-order valence-electron chi connectivity index (χ1n) is 23.3. The second-order valence-corrected chi connectivity index (χ2v) is 17.6. The molecule has 370 valence electrons. The first-order valence-corrected chi connectivity index (χ1v) is 23.3. The van der Waals surface area contributed by atoms with E-state index in [4.69, 9.17) is 40.4 Å². The molecule has 8 rings (SSSR count). The molecule has 6 aromatic rings. The Bertz CT molecular complexity index is 3020. The van der Waals surface area contributed by atoms with Crippen LogP contribution in [0.4, 0.5) is 11.6 Å². The van der Waals surface area contributed by atoms with Crippen LogP contribution in [0.5, 0.6) is 23.0 Å². The third-order valence-corrected chi connectivity index (χ3v) is 11.9. The van der Waals surface area contributed by atoms with E-state index in [1.165, 1.54) is 0 Å². The number of aromatic nitrogens is 6. The van der Waals surface area contributed by atoms with E-state index < -0.39 is 0 Å². The largest absolute Gasteiger partial charge is 0.497 e. The molecule has 0 aliphatic carbocycles. The molecule has 4 aromatic heterocycles. The number of likely N-dealkylation sites (tertiary alicyclic amines) is 2. The lowest BCUT2D eigenvalue weighted by Gasteiger charge is -2.14. The van der Waals surface area contributed by atoms with Crippen LogP contribution in [0.3, 0.4) is 0 Å². The third kappa shape index (κ3) is 12.6. The molecule has 2 atom stereocenters. The van der Waals surface area contributed by atoms with E-state index in [9.17, 15) is 9.59 Å². The van der Waals surface area contributed by atoms with Crippen molar-refractivity contribution in [2.45, 2.75) is 44.6 Å². The zero-order chi connectivity index (χ0) is 50.6. The van der Waals surface area contributed by atoms with Gasteiger partial charge in [0.05, 0.1) is 28.4 Å². The van der Waals surface area contributed by atoms with Gasteiger partial charge >= 0.3 is 0 Å². The molecule has 6 heterocycles. The summed E-state index contributed by atoms with van der Waals surface area (Å²) in [6, 6.07) is 11.3. The molecule has 0 spiro atoms. The highest BCUT2D eigenvalue weighted by molar-refractivity contribution is 5.88. The topological polar surface area (TPSA) is 205 Å². The predicted molar refractivity (Wildman–Crippen MR) is 274 cm³/mol. The number of ether oxygens (including phenoxy) is 4. The second-order valence-electron chi connectivity index (χ2n) is 17.6. The summed E-state index contributed by atoms with van der Waals surface area (Å²) in [7, 11) is 10.3. The molecule has 18 nitrogen and oxygen atoms in total. The fraction of sp³-hybridized carbons (Fsp3) is 0.358. The van der Waals surface area contributed by atoms with Gasteiger partial charge in [-0.25, -0.2) is 19.9 Å². The van der Waals surface area contributed by atoms with Gasteiger partial charge in [0.1, 0.15) is 57.1 Å². The lowest BCUT2D eigenvalue weighted by Crippen LogP contribution is -2.27. The van der Waals surface area contributed by atoms with Gasteiger partial charge in [0.15, 0.2) is 11.6 Å². The number of methoxy groups -OCH3 is 4. The number of anilines is 2. The summed E-state index contributed by atoms with van der Waals surface area (Å²) in [5.41, 5.74) is 16.3. The lowest BCUT2D eigenvalue weighted by atomic mass is 10.1. The molecular formula is C53H62N12O6. The highest BCUT2D eigenvalue weighted by atomic mass is 16.5. The standard InChI is InChI=1S/C27H32N6O3.C26H30N6O3/c1-18(2)29-10-5-6-24(34)32-12-9-20(17-32)27-31-23(25-26(28)30-11-13-33(25)27)8-7-19-14-21(35-3)16-22(15-19)36-4;1-30(2)11-5-6-23(33)31-12-9-19(17-31)26-29-22(24-25(27)28-10-13-32(24)26)8-7-18-14-20(34-3)16-21(15-18)35-4/h5-6,11,13-16,18,20,29H,9-10,12,17H2,1-4H3,(H2,28,30);5-6,10,13-16,19H,9,11-12,17H2,1-4H3,(H2,27,28)/b2*6-5+/t20-;19-/m01/s1. The van der Waals surface area contributed by atoms with Gasteiger partial charge in [-0.1, -0.05) is 37.8 Å². The van der Waals surface area contributed by atoms with Gasteiger partial charge in [-0.3, -0.25) is 18.4 Å². The number of nitrogens with one attached hydrogen (secondary N) is 1. The van der Waals surface area contributed by atoms with Crippen molar-refractivity contribution in [3.8, 4) is 46.7 Å². The molecule has 71 heavy (non-hydrogen) atoms. The lowest BCUT2D eigenvalue weighted by molar-refractivity contribution is -0.125. The number of nitrogens with two attached hydrogens (primary N) is 2. The van der Waals surface area contributed by atoms with E-state index in [0.717, 1.165) is 42.2 Å². The molecule has 2 aliphatic heterocycles. The summed E-state index contributed by atoms with van der Waals surface area (Å²) in [4.78, 5) is 49.2. The van der Waals surface area contributed by atoms with Gasteiger partial charge in [0, 0.05) is 117 Å². The number of nitrogen functional groups attached to an aromatic ring is 2. The number of carbonyl (C=O) groups excluding carboxylic acids is 2. The fourth-order valence-corrected chi connectivity index (χ4v) is 8.33. The summed E-state index contributed by atoms with van der Waals surface area (Å²) < 4.78 is 25.3. The Morgan fingerprint density at radius 1 is 0.690 bits per heavy atom. The summed E-state index contributed by atoms with van der Waals surface area (Å²) in [6.45, 7) is 8.06. The molecule has 2 fully saturated rings. The number of amides is 2. The molecule has 18 heteroatoms. The van der Waals surface area contributed by atoms with E-state index in [1.54, 1.807) is 65.1 Å². The Morgan fingerprint density at radius 2 is 1.11 bits per heavy atom. The Labute approximate surface area is 414 Å². The maximum absolute atomic E-state index is 12.7. The van der Waals surface area contributed by atoms with Crippen LogP contribution in [-0.2, 0) is 9.59 Å². The molecule has 0 saturated carbocycles. The molecule has 2 aromatic carbocycles. The van der Waals surface area contributed by atoms with Crippen LogP contribution < -0.4 is 35.7 Å².